The number of rotatable bonds is 3. The number of carbonyl (C=O) groups is 1. The zero-order valence-corrected chi connectivity index (χ0v) is 19.8. The van der Waals surface area contributed by atoms with Gasteiger partial charge in [0.15, 0.2) is 0 Å². The van der Waals surface area contributed by atoms with Crippen LogP contribution >= 0.6 is 0 Å². The van der Waals surface area contributed by atoms with E-state index in [1.807, 2.05) is 49.4 Å². The maximum atomic E-state index is 13.7. The van der Waals surface area contributed by atoms with E-state index < -0.39 is 0 Å². The summed E-state index contributed by atoms with van der Waals surface area (Å²) in [6, 6.07) is 20.6. The predicted molar refractivity (Wildman–Crippen MR) is 136 cm³/mol. The van der Waals surface area contributed by atoms with Gasteiger partial charge in [-0.05, 0) is 98.0 Å². The summed E-state index contributed by atoms with van der Waals surface area (Å²) in [6.45, 7) is 2.88. The fourth-order valence-corrected chi connectivity index (χ4v) is 5.27. The molecule has 0 aliphatic carbocycles. The minimum atomic E-state index is -0.263. The van der Waals surface area contributed by atoms with Crippen molar-refractivity contribution in [1.82, 2.24) is 4.98 Å². The number of methoxy groups -OCH3 is 1. The van der Waals surface area contributed by atoms with Gasteiger partial charge in [0.1, 0.15) is 17.4 Å². The van der Waals surface area contributed by atoms with Crippen molar-refractivity contribution in [1.29, 1.82) is 0 Å². The summed E-state index contributed by atoms with van der Waals surface area (Å²) in [5.41, 5.74) is 5.43. The van der Waals surface area contributed by atoms with Crippen LogP contribution in [0.25, 0.3) is 10.9 Å². The summed E-state index contributed by atoms with van der Waals surface area (Å²) in [7, 11) is 1.66. The highest BCUT2D eigenvalue weighted by atomic mass is 19.1. The number of carbonyl (C=O) groups excluding carboxylic acids is 1. The van der Waals surface area contributed by atoms with Gasteiger partial charge in [-0.1, -0.05) is 0 Å². The Hall–Kier alpha value is -3.93. The topological polar surface area (TPSA) is 45.7 Å². The van der Waals surface area contributed by atoms with E-state index in [0.717, 1.165) is 65.2 Å². The lowest BCUT2D eigenvalue weighted by atomic mass is 9.95. The largest absolute Gasteiger partial charge is 0.497 e. The normalized spacial score (nSPS) is 16.8. The second-order valence-corrected chi connectivity index (χ2v) is 9.31. The van der Waals surface area contributed by atoms with Crippen LogP contribution in [0.15, 0.2) is 66.7 Å². The third-order valence-corrected chi connectivity index (χ3v) is 7.16. The lowest BCUT2D eigenvalue weighted by Crippen LogP contribution is -2.42. The van der Waals surface area contributed by atoms with E-state index in [2.05, 4.69) is 11.0 Å². The number of hydrogen-bond acceptors (Lipinski definition) is 4. The SMILES string of the molecule is COc1ccc2cc3c(nc2c1)N(c1ccc(C(=O)N2c4ccc(F)cc4CCC2C)cc1)CC3. The highest BCUT2D eigenvalue weighted by Crippen LogP contribution is 2.37. The average molecular weight is 468 g/mol. The average Bonchev–Trinajstić information content (AvgIpc) is 3.29. The second kappa shape index (κ2) is 8.38. The van der Waals surface area contributed by atoms with Crippen molar-refractivity contribution in [2.75, 3.05) is 23.5 Å². The first kappa shape index (κ1) is 21.6. The van der Waals surface area contributed by atoms with E-state index in [-0.39, 0.29) is 17.8 Å². The van der Waals surface area contributed by atoms with E-state index >= 15 is 0 Å². The number of nitrogens with zero attached hydrogens (tertiary/aromatic N) is 3. The molecule has 6 heteroatoms. The summed E-state index contributed by atoms with van der Waals surface area (Å²) >= 11 is 0. The molecular weight excluding hydrogens is 441 g/mol. The standard InChI is InChI=1S/C29H26FN3O2/c1-18-3-4-21-16-23(30)8-12-27(21)33(18)29(34)19-5-9-24(10-6-19)32-14-13-22-15-20-7-11-25(35-2)17-26(20)31-28(22)32/h5-12,15-18H,3-4,13-14H2,1-2H3. The van der Waals surface area contributed by atoms with Crippen LogP contribution in [0.3, 0.4) is 0 Å². The number of aromatic nitrogens is 1. The first-order valence-corrected chi connectivity index (χ1v) is 12.0. The Morgan fingerprint density at radius 1 is 1.00 bits per heavy atom. The van der Waals surface area contributed by atoms with Crippen molar-refractivity contribution in [2.24, 2.45) is 0 Å². The van der Waals surface area contributed by atoms with Crippen molar-refractivity contribution >= 4 is 34.0 Å². The Labute approximate surface area is 203 Å². The molecule has 0 spiro atoms. The maximum absolute atomic E-state index is 13.7. The van der Waals surface area contributed by atoms with E-state index in [1.54, 1.807) is 24.1 Å². The number of benzene rings is 3. The van der Waals surface area contributed by atoms with Crippen molar-refractivity contribution in [3.8, 4) is 5.75 Å². The molecule has 0 radical (unpaired) electrons. The Kier molecular flexibility index (Phi) is 5.17. The predicted octanol–water partition coefficient (Wildman–Crippen LogP) is 6.06. The lowest BCUT2D eigenvalue weighted by Gasteiger charge is -2.35. The lowest BCUT2D eigenvalue weighted by molar-refractivity contribution is 0.0975. The fraction of sp³-hybridized carbons (Fsp3) is 0.241. The summed E-state index contributed by atoms with van der Waals surface area (Å²) in [5, 5.41) is 1.10. The maximum Gasteiger partial charge on any atom is 0.258 e. The van der Waals surface area contributed by atoms with Crippen molar-refractivity contribution in [3.05, 3.63) is 89.2 Å². The van der Waals surface area contributed by atoms with E-state index in [1.165, 1.54) is 11.6 Å². The highest BCUT2D eigenvalue weighted by Gasteiger charge is 2.30. The molecule has 4 aromatic rings. The molecule has 5 nitrogen and oxygen atoms in total. The number of aryl methyl sites for hydroxylation is 1. The third kappa shape index (κ3) is 3.70. The monoisotopic (exact) mass is 467 g/mol. The van der Waals surface area contributed by atoms with Gasteiger partial charge in [-0.2, -0.15) is 0 Å². The number of fused-ring (bicyclic) bond motifs is 3. The van der Waals surface area contributed by atoms with Gasteiger partial charge in [-0.25, -0.2) is 9.37 Å². The first-order valence-electron chi connectivity index (χ1n) is 12.0. The Morgan fingerprint density at radius 3 is 2.63 bits per heavy atom. The van der Waals surface area contributed by atoms with Crippen molar-refractivity contribution < 1.29 is 13.9 Å². The van der Waals surface area contributed by atoms with Crippen molar-refractivity contribution in [3.63, 3.8) is 0 Å². The second-order valence-electron chi connectivity index (χ2n) is 9.31. The minimum Gasteiger partial charge on any atom is -0.497 e. The summed E-state index contributed by atoms with van der Waals surface area (Å²) < 4.78 is 19.1. The van der Waals surface area contributed by atoms with Gasteiger partial charge in [0.25, 0.3) is 5.91 Å². The molecule has 0 bridgehead atoms. The van der Waals surface area contributed by atoms with Crippen LogP contribution in [-0.2, 0) is 12.8 Å². The molecule has 0 fully saturated rings. The van der Waals surface area contributed by atoms with Crippen LogP contribution in [0, 0.1) is 5.82 Å². The molecule has 2 aliphatic heterocycles. The van der Waals surface area contributed by atoms with Gasteiger partial charge in [-0.15, -0.1) is 0 Å². The summed E-state index contributed by atoms with van der Waals surface area (Å²) in [6.07, 6.45) is 2.51. The van der Waals surface area contributed by atoms with Gasteiger partial charge in [0, 0.05) is 41.0 Å². The Bertz CT molecular complexity index is 1450. The molecule has 1 atom stereocenters. The van der Waals surface area contributed by atoms with E-state index in [0.29, 0.717) is 5.56 Å². The zero-order valence-electron chi connectivity index (χ0n) is 19.8. The molecule has 176 valence electrons. The van der Waals surface area contributed by atoms with Crippen LogP contribution in [-0.4, -0.2) is 30.6 Å². The Balaban J connectivity index is 1.30. The van der Waals surface area contributed by atoms with Gasteiger partial charge in [-0.3, -0.25) is 4.79 Å². The molecule has 3 heterocycles. The minimum absolute atomic E-state index is 0.0556. The van der Waals surface area contributed by atoms with E-state index in [4.69, 9.17) is 9.72 Å². The third-order valence-electron chi connectivity index (χ3n) is 7.16. The number of ether oxygens (including phenoxy) is 1. The van der Waals surface area contributed by atoms with Crippen molar-refractivity contribution in [2.45, 2.75) is 32.2 Å². The Morgan fingerprint density at radius 2 is 1.83 bits per heavy atom. The molecule has 1 amide bonds. The van der Waals surface area contributed by atoms with Crippen LogP contribution < -0.4 is 14.5 Å². The molecule has 2 aliphatic rings. The fourth-order valence-electron chi connectivity index (χ4n) is 5.27. The van der Waals surface area contributed by atoms with Crippen LogP contribution in [0.4, 0.5) is 21.6 Å². The molecule has 6 rings (SSSR count). The summed E-state index contributed by atoms with van der Waals surface area (Å²) in [4.78, 5) is 22.4. The molecule has 3 aromatic carbocycles. The zero-order chi connectivity index (χ0) is 24.1. The van der Waals surface area contributed by atoms with Crippen LogP contribution in [0.2, 0.25) is 0 Å². The molecule has 0 N–H and O–H groups in total. The van der Waals surface area contributed by atoms with Gasteiger partial charge >= 0.3 is 0 Å². The first-order chi connectivity index (χ1) is 17.0. The van der Waals surface area contributed by atoms with Gasteiger partial charge < -0.3 is 14.5 Å². The number of amides is 1. The smallest absolute Gasteiger partial charge is 0.258 e. The van der Waals surface area contributed by atoms with Crippen LogP contribution in [0.5, 0.6) is 5.75 Å². The molecular formula is C29H26FN3O2. The number of hydrogen-bond donors (Lipinski definition) is 0. The van der Waals surface area contributed by atoms with Crippen LogP contribution in [0.1, 0.15) is 34.8 Å². The molecule has 1 aromatic heterocycles. The molecule has 35 heavy (non-hydrogen) atoms. The number of anilines is 3. The molecule has 0 saturated carbocycles. The van der Waals surface area contributed by atoms with Gasteiger partial charge in [0.2, 0.25) is 0 Å². The van der Waals surface area contributed by atoms with E-state index in [9.17, 15) is 9.18 Å². The summed E-state index contributed by atoms with van der Waals surface area (Å²) in [5.74, 6) is 1.41. The molecule has 1 unspecified atom stereocenters. The molecule has 0 saturated heterocycles. The highest BCUT2D eigenvalue weighted by molar-refractivity contribution is 6.07. The van der Waals surface area contributed by atoms with Gasteiger partial charge in [0.05, 0.1) is 12.6 Å². The number of halogens is 1. The quantitative estimate of drug-likeness (QED) is 0.368. The number of pyridine rings is 1.